The van der Waals surface area contributed by atoms with E-state index in [0.29, 0.717) is 22.7 Å². The molecule has 2 amide bonds. The second kappa shape index (κ2) is 6.65. The number of fused-ring (bicyclic) bond motifs is 2. The van der Waals surface area contributed by atoms with Crippen LogP contribution in [0.4, 0.5) is 5.69 Å². The van der Waals surface area contributed by atoms with E-state index in [2.05, 4.69) is 10.3 Å². The fourth-order valence-corrected chi connectivity index (χ4v) is 3.73. The molecule has 0 bridgehead atoms. The van der Waals surface area contributed by atoms with E-state index in [1.807, 2.05) is 32.9 Å². The van der Waals surface area contributed by atoms with Gasteiger partial charge in [0.05, 0.1) is 11.3 Å². The summed E-state index contributed by atoms with van der Waals surface area (Å²) in [6, 6.07) is 9.00. The van der Waals surface area contributed by atoms with Crippen molar-refractivity contribution in [2.45, 2.75) is 36.7 Å². The van der Waals surface area contributed by atoms with Crippen LogP contribution in [0.1, 0.15) is 41.5 Å². The van der Waals surface area contributed by atoms with Crippen LogP contribution in [0.25, 0.3) is 0 Å². The molecule has 0 spiro atoms. The normalized spacial score (nSPS) is 13.3. The van der Waals surface area contributed by atoms with Crippen molar-refractivity contribution in [3.8, 4) is 0 Å². The van der Waals surface area contributed by atoms with Gasteiger partial charge in [-0.1, -0.05) is 11.8 Å². The maximum Gasteiger partial charge on any atom is 0.261 e. The summed E-state index contributed by atoms with van der Waals surface area (Å²) in [5.41, 5.74) is 1.98. The lowest BCUT2D eigenvalue weighted by atomic mass is 10.1. The number of hydrogen-bond donors (Lipinski definition) is 1. The van der Waals surface area contributed by atoms with Gasteiger partial charge >= 0.3 is 0 Å². The maximum atomic E-state index is 13.0. The van der Waals surface area contributed by atoms with E-state index >= 15 is 0 Å². The first kappa shape index (κ1) is 16.5. The molecular formula is C18H19N3O2S. The van der Waals surface area contributed by atoms with Crippen LogP contribution in [-0.2, 0) is 0 Å². The first-order valence-electron chi connectivity index (χ1n) is 7.91. The standard InChI is InChI=1S/C18H19N3O2S/c1-4-19-16(22)12-7-8-14-15(10-12)24-17-13(6-5-9-20-17)18(23)21(14)11(2)3/h5-11H,4H2,1-3H3,(H,19,22). The molecule has 0 unspecified atom stereocenters. The Morgan fingerprint density at radius 3 is 2.83 bits per heavy atom. The molecular weight excluding hydrogens is 322 g/mol. The Labute approximate surface area is 145 Å². The van der Waals surface area contributed by atoms with Crippen molar-refractivity contribution in [1.82, 2.24) is 10.3 Å². The van der Waals surface area contributed by atoms with Gasteiger partial charge in [-0.05, 0) is 51.1 Å². The molecule has 0 saturated carbocycles. The molecule has 5 nitrogen and oxygen atoms in total. The van der Waals surface area contributed by atoms with E-state index in [1.54, 1.807) is 29.3 Å². The highest BCUT2D eigenvalue weighted by Gasteiger charge is 2.30. The number of amides is 2. The third-order valence-electron chi connectivity index (χ3n) is 3.76. The molecule has 1 aliphatic rings. The number of carbonyl (C=O) groups is 2. The first-order chi connectivity index (χ1) is 11.5. The number of carbonyl (C=O) groups excluding carboxylic acids is 2. The summed E-state index contributed by atoms with van der Waals surface area (Å²) in [6.45, 7) is 6.41. The van der Waals surface area contributed by atoms with Crippen molar-refractivity contribution in [3.05, 3.63) is 47.7 Å². The Balaban J connectivity index is 2.15. The molecule has 3 rings (SSSR count). The van der Waals surface area contributed by atoms with Crippen molar-refractivity contribution in [1.29, 1.82) is 0 Å². The molecule has 2 aromatic rings. The van der Waals surface area contributed by atoms with Gasteiger partial charge in [-0.3, -0.25) is 9.59 Å². The summed E-state index contributed by atoms with van der Waals surface area (Å²) in [7, 11) is 0. The largest absolute Gasteiger partial charge is 0.352 e. The van der Waals surface area contributed by atoms with Crippen LogP contribution < -0.4 is 10.2 Å². The molecule has 0 atom stereocenters. The average molecular weight is 341 g/mol. The van der Waals surface area contributed by atoms with Gasteiger partial charge in [-0.2, -0.15) is 0 Å². The number of benzene rings is 1. The highest BCUT2D eigenvalue weighted by atomic mass is 32.2. The topological polar surface area (TPSA) is 62.3 Å². The summed E-state index contributed by atoms with van der Waals surface area (Å²) in [5, 5.41) is 3.47. The Hall–Kier alpha value is -2.34. The average Bonchev–Trinajstić information content (AvgIpc) is 2.68. The van der Waals surface area contributed by atoms with Crippen molar-refractivity contribution in [3.63, 3.8) is 0 Å². The molecule has 6 heteroatoms. The molecule has 2 heterocycles. The number of pyridine rings is 1. The van der Waals surface area contributed by atoms with Crippen LogP contribution >= 0.6 is 11.8 Å². The Bertz CT molecular complexity index is 805. The van der Waals surface area contributed by atoms with Gasteiger partial charge in [-0.15, -0.1) is 0 Å². The number of hydrogen-bond acceptors (Lipinski definition) is 4. The minimum atomic E-state index is -0.117. The van der Waals surface area contributed by atoms with Crippen LogP contribution in [0.5, 0.6) is 0 Å². The van der Waals surface area contributed by atoms with Gasteiger partial charge in [0, 0.05) is 29.2 Å². The van der Waals surface area contributed by atoms with E-state index in [-0.39, 0.29) is 17.9 Å². The van der Waals surface area contributed by atoms with Crippen LogP contribution in [0.2, 0.25) is 0 Å². The number of anilines is 1. The van der Waals surface area contributed by atoms with Crippen LogP contribution in [0.3, 0.4) is 0 Å². The number of aromatic nitrogens is 1. The lowest BCUT2D eigenvalue weighted by Gasteiger charge is -2.27. The van der Waals surface area contributed by atoms with E-state index in [4.69, 9.17) is 0 Å². The fourth-order valence-electron chi connectivity index (χ4n) is 2.69. The fraction of sp³-hybridized carbons (Fsp3) is 0.278. The van der Waals surface area contributed by atoms with E-state index in [9.17, 15) is 9.59 Å². The lowest BCUT2D eigenvalue weighted by molar-refractivity contribution is 0.0954. The molecule has 124 valence electrons. The molecule has 1 aromatic carbocycles. The van der Waals surface area contributed by atoms with Gasteiger partial charge in [0.1, 0.15) is 5.03 Å². The third kappa shape index (κ3) is 2.89. The summed E-state index contributed by atoms with van der Waals surface area (Å²) in [6.07, 6.45) is 1.68. The van der Waals surface area contributed by atoms with Crippen molar-refractivity contribution in [2.75, 3.05) is 11.4 Å². The maximum absolute atomic E-state index is 13.0. The highest BCUT2D eigenvalue weighted by Crippen LogP contribution is 2.41. The van der Waals surface area contributed by atoms with Crippen molar-refractivity contribution < 1.29 is 9.59 Å². The minimum absolute atomic E-state index is 0.00155. The van der Waals surface area contributed by atoms with Gasteiger partial charge in [0.2, 0.25) is 0 Å². The van der Waals surface area contributed by atoms with Crippen LogP contribution in [0, 0.1) is 0 Å². The molecule has 0 radical (unpaired) electrons. The summed E-state index contributed by atoms with van der Waals surface area (Å²) >= 11 is 1.42. The molecule has 0 saturated heterocycles. The van der Waals surface area contributed by atoms with Gasteiger partial charge in [0.25, 0.3) is 11.8 Å². The molecule has 1 aromatic heterocycles. The smallest absolute Gasteiger partial charge is 0.261 e. The zero-order valence-electron chi connectivity index (χ0n) is 13.9. The number of nitrogens with zero attached hydrogens (tertiary/aromatic N) is 2. The Morgan fingerprint density at radius 2 is 2.12 bits per heavy atom. The first-order valence-corrected chi connectivity index (χ1v) is 8.73. The summed E-state index contributed by atoms with van der Waals surface area (Å²) < 4.78 is 0. The lowest BCUT2D eigenvalue weighted by Crippen LogP contribution is -2.37. The van der Waals surface area contributed by atoms with E-state index in [1.165, 1.54) is 11.8 Å². The molecule has 1 aliphatic heterocycles. The van der Waals surface area contributed by atoms with Crippen LogP contribution in [-0.4, -0.2) is 29.4 Å². The number of rotatable bonds is 3. The zero-order valence-corrected chi connectivity index (χ0v) is 14.7. The molecule has 24 heavy (non-hydrogen) atoms. The SMILES string of the molecule is CCNC(=O)c1ccc2c(c1)Sc1ncccc1C(=O)N2C(C)C. The quantitative estimate of drug-likeness (QED) is 0.930. The third-order valence-corrected chi connectivity index (χ3v) is 4.83. The van der Waals surface area contributed by atoms with Gasteiger partial charge in [-0.25, -0.2) is 4.98 Å². The molecule has 0 aliphatic carbocycles. The monoisotopic (exact) mass is 341 g/mol. The summed E-state index contributed by atoms with van der Waals surface area (Å²) in [4.78, 5) is 32.0. The number of nitrogens with one attached hydrogen (secondary N) is 1. The van der Waals surface area contributed by atoms with Crippen molar-refractivity contribution in [2.24, 2.45) is 0 Å². The Kier molecular flexibility index (Phi) is 4.57. The van der Waals surface area contributed by atoms with Crippen LogP contribution in [0.15, 0.2) is 46.5 Å². The zero-order chi connectivity index (χ0) is 17.3. The highest BCUT2D eigenvalue weighted by molar-refractivity contribution is 7.99. The Morgan fingerprint density at radius 1 is 1.33 bits per heavy atom. The molecule has 0 fully saturated rings. The second-order valence-corrected chi connectivity index (χ2v) is 6.80. The van der Waals surface area contributed by atoms with E-state index in [0.717, 1.165) is 10.6 Å². The summed E-state index contributed by atoms with van der Waals surface area (Å²) in [5.74, 6) is -0.182. The van der Waals surface area contributed by atoms with Crippen molar-refractivity contribution >= 4 is 29.3 Å². The van der Waals surface area contributed by atoms with Gasteiger partial charge in [0.15, 0.2) is 0 Å². The second-order valence-electron chi connectivity index (χ2n) is 5.77. The van der Waals surface area contributed by atoms with Gasteiger partial charge < -0.3 is 10.2 Å². The predicted octanol–water partition coefficient (Wildman–Crippen LogP) is 3.35. The molecule has 1 N–H and O–H groups in total. The minimum Gasteiger partial charge on any atom is -0.352 e. The predicted molar refractivity (Wildman–Crippen MR) is 94.8 cm³/mol. The van der Waals surface area contributed by atoms with E-state index < -0.39 is 0 Å².